The molecule has 3 rings (SSSR count). The van der Waals surface area contributed by atoms with Gasteiger partial charge in [-0.1, -0.05) is 12.1 Å². The predicted molar refractivity (Wildman–Crippen MR) is 94.2 cm³/mol. The Labute approximate surface area is 143 Å². The zero-order valence-corrected chi connectivity index (χ0v) is 13.3. The van der Waals surface area contributed by atoms with Gasteiger partial charge in [0, 0.05) is 23.1 Å². The van der Waals surface area contributed by atoms with Crippen LogP contribution in [0.3, 0.4) is 0 Å². The second-order valence-electron chi connectivity index (χ2n) is 5.49. The molecule has 0 atom stereocenters. The zero-order chi connectivity index (χ0) is 17.8. The molecule has 126 valence electrons. The molecule has 1 aromatic heterocycles. The summed E-state index contributed by atoms with van der Waals surface area (Å²) in [5.74, 6) is -0.717. The summed E-state index contributed by atoms with van der Waals surface area (Å²) < 4.78 is 1.63. The Hall–Kier alpha value is -3.48. The van der Waals surface area contributed by atoms with E-state index in [1.54, 1.807) is 47.1 Å². The van der Waals surface area contributed by atoms with Crippen molar-refractivity contribution in [3.8, 4) is 0 Å². The van der Waals surface area contributed by atoms with Crippen LogP contribution in [0.5, 0.6) is 0 Å². The van der Waals surface area contributed by atoms with Crippen LogP contribution in [-0.4, -0.2) is 21.6 Å². The van der Waals surface area contributed by atoms with Crippen molar-refractivity contribution in [3.05, 3.63) is 70.5 Å². The molecule has 0 aliphatic heterocycles. The first-order chi connectivity index (χ1) is 12.0. The number of aryl methyl sites for hydroxylation is 1. The Kier molecular flexibility index (Phi) is 4.56. The highest BCUT2D eigenvalue weighted by molar-refractivity contribution is 5.94. The van der Waals surface area contributed by atoms with Gasteiger partial charge in [-0.05, 0) is 36.4 Å². The Morgan fingerprint density at radius 3 is 2.52 bits per heavy atom. The van der Waals surface area contributed by atoms with Gasteiger partial charge in [-0.25, -0.2) is 0 Å². The van der Waals surface area contributed by atoms with E-state index in [1.807, 2.05) is 6.07 Å². The van der Waals surface area contributed by atoms with Crippen LogP contribution in [0.25, 0.3) is 10.9 Å². The molecule has 0 aliphatic carbocycles. The summed E-state index contributed by atoms with van der Waals surface area (Å²) >= 11 is 0. The number of nitrogens with zero attached hydrogens (tertiary/aromatic N) is 2. The molecule has 0 unspecified atom stereocenters. The molecule has 0 spiro atoms. The van der Waals surface area contributed by atoms with Crippen LogP contribution in [0.1, 0.15) is 16.8 Å². The standard InChI is InChI=1S/C18H16N4O3/c19-18(25)12-5-7-13(8-6-12)21-17(24)9-10-22-15-4-2-1-3-14(15)16(23)11-20-22/h1-8,11H,9-10H2,(H2,19,25)(H,21,24). The topological polar surface area (TPSA) is 107 Å². The van der Waals surface area contributed by atoms with Gasteiger partial charge in [-0.15, -0.1) is 0 Å². The molecule has 0 aliphatic rings. The van der Waals surface area contributed by atoms with Gasteiger partial charge in [-0.2, -0.15) is 5.10 Å². The molecule has 3 N–H and O–H groups in total. The summed E-state index contributed by atoms with van der Waals surface area (Å²) in [4.78, 5) is 34.9. The molecular formula is C18H16N4O3. The molecule has 0 fully saturated rings. The van der Waals surface area contributed by atoms with E-state index in [4.69, 9.17) is 5.73 Å². The number of aromatic nitrogens is 2. The van der Waals surface area contributed by atoms with E-state index in [0.717, 1.165) is 0 Å². The average Bonchev–Trinajstić information content (AvgIpc) is 2.62. The van der Waals surface area contributed by atoms with Crippen LogP contribution in [0, 0.1) is 0 Å². The van der Waals surface area contributed by atoms with Crippen LogP contribution >= 0.6 is 0 Å². The third-order valence-corrected chi connectivity index (χ3v) is 3.77. The molecule has 1 heterocycles. The minimum Gasteiger partial charge on any atom is -0.366 e. The molecule has 2 amide bonds. The first-order valence-corrected chi connectivity index (χ1v) is 7.69. The molecule has 7 heteroatoms. The number of carbonyl (C=O) groups is 2. The first-order valence-electron chi connectivity index (χ1n) is 7.69. The van der Waals surface area contributed by atoms with Crippen LogP contribution in [-0.2, 0) is 11.3 Å². The highest BCUT2D eigenvalue weighted by Gasteiger charge is 2.07. The maximum Gasteiger partial charge on any atom is 0.248 e. The zero-order valence-electron chi connectivity index (χ0n) is 13.3. The maximum atomic E-state index is 12.1. The van der Waals surface area contributed by atoms with E-state index < -0.39 is 5.91 Å². The number of nitrogens with one attached hydrogen (secondary N) is 1. The third-order valence-electron chi connectivity index (χ3n) is 3.77. The van der Waals surface area contributed by atoms with Crippen LogP contribution in [0.2, 0.25) is 0 Å². The summed E-state index contributed by atoms with van der Waals surface area (Å²) in [5, 5.41) is 7.40. The monoisotopic (exact) mass is 336 g/mol. The van der Waals surface area contributed by atoms with Crippen LogP contribution in [0.4, 0.5) is 5.69 Å². The number of amides is 2. The Morgan fingerprint density at radius 1 is 1.08 bits per heavy atom. The smallest absolute Gasteiger partial charge is 0.248 e. The SMILES string of the molecule is NC(=O)c1ccc(NC(=O)CCn2ncc(=O)c3ccccc32)cc1. The van der Waals surface area contributed by atoms with Gasteiger partial charge in [0.15, 0.2) is 0 Å². The normalized spacial score (nSPS) is 10.6. The summed E-state index contributed by atoms with van der Waals surface area (Å²) in [6.45, 7) is 0.339. The number of primary amides is 1. The highest BCUT2D eigenvalue weighted by Crippen LogP contribution is 2.11. The van der Waals surface area contributed by atoms with E-state index in [9.17, 15) is 14.4 Å². The van der Waals surface area contributed by atoms with Crippen molar-refractivity contribution in [1.82, 2.24) is 9.78 Å². The second kappa shape index (κ2) is 6.96. The van der Waals surface area contributed by atoms with Crippen molar-refractivity contribution in [2.24, 2.45) is 5.73 Å². The minimum atomic E-state index is -0.519. The quantitative estimate of drug-likeness (QED) is 0.736. The summed E-state index contributed by atoms with van der Waals surface area (Å²) in [5.41, 5.74) is 6.67. The molecule has 0 radical (unpaired) electrons. The Morgan fingerprint density at radius 2 is 1.80 bits per heavy atom. The van der Waals surface area contributed by atoms with Crippen molar-refractivity contribution >= 4 is 28.4 Å². The fourth-order valence-corrected chi connectivity index (χ4v) is 2.49. The second-order valence-corrected chi connectivity index (χ2v) is 5.49. The Bertz CT molecular complexity index is 993. The van der Waals surface area contributed by atoms with Crippen molar-refractivity contribution in [2.75, 3.05) is 5.32 Å². The lowest BCUT2D eigenvalue weighted by Gasteiger charge is -2.09. The number of para-hydroxylation sites is 1. The molecule has 0 saturated heterocycles. The summed E-state index contributed by atoms with van der Waals surface area (Å²) in [6, 6.07) is 13.5. The lowest BCUT2D eigenvalue weighted by molar-refractivity contribution is -0.116. The molecule has 25 heavy (non-hydrogen) atoms. The molecular weight excluding hydrogens is 320 g/mol. The maximum absolute atomic E-state index is 12.1. The van der Waals surface area contributed by atoms with Crippen molar-refractivity contribution in [3.63, 3.8) is 0 Å². The van der Waals surface area contributed by atoms with Crippen LogP contribution in [0.15, 0.2) is 59.5 Å². The van der Waals surface area contributed by atoms with Gasteiger partial charge in [0.25, 0.3) is 0 Å². The molecule has 7 nitrogen and oxygen atoms in total. The van der Waals surface area contributed by atoms with E-state index in [2.05, 4.69) is 10.4 Å². The van der Waals surface area contributed by atoms with E-state index in [0.29, 0.717) is 28.7 Å². The van der Waals surface area contributed by atoms with E-state index >= 15 is 0 Å². The van der Waals surface area contributed by atoms with Gasteiger partial charge in [0.05, 0.1) is 18.3 Å². The van der Waals surface area contributed by atoms with Crippen LogP contribution < -0.4 is 16.5 Å². The van der Waals surface area contributed by atoms with Gasteiger partial charge in [0.2, 0.25) is 17.2 Å². The molecule has 0 saturated carbocycles. The van der Waals surface area contributed by atoms with Crippen molar-refractivity contribution in [1.29, 1.82) is 0 Å². The number of hydrogen-bond donors (Lipinski definition) is 2. The van der Waals surface area contributed by atoms with Gasteiger partial charge < -0.3 is 11.1 Å². The molecule has 0 bridgehead atoms. The predicted octanol–water partition coefficient (Wildman–Crippen LogP) is 1.52. The first kappa shape index (κ1) is 16.4. The largest absolute Gasteiger partial charge is 0.366 e. The number of benzene rings is 2. The number of rotatable bonds is 5. The Balaban J connectivity index is 1.68. The number of carbonyl (C=O) groups excluding carboxylic acids is 2. The number of hydrogen-bond acceptors (Lipinski definition) is 4. The average molecular weight is 336 g/mol. The minimum absolute atomic E-state index is 0.147. The fourth-order valence-electron chi connectivity index (χ4n) is 2.49. The van der Waals surface area contributed by atoms with Gasteiger partial charge in [-0.3, -0.25) is 19.1 Å². The van der Waals surface area contributed by atoms with Crippen molar-refractivity contribution in [2.45, 2.75) is 13.0 Å². The number of anilines is 1. The van der Waals surface area contributed by atoms with Gasteiger partial charge in [0.1, 0.15) is 0 Å². The lowest BCUT2D eigenvalue weighted by Crippen LogP contribution is -2.18. The molecule has 3 aromatic rings. The molecule has 2 aromatic carbocycles. The van der Waals surface area contributed by atoms with E-state index in [1.165, 1.54) is 6.20 Å². The fraction of sp³-hybridized carbons (Fsp3) is 0.111. The van der Waals surface area contributed by atoms with E-state index in [-0.39, 0.29) is 17.8 Å². The number of fused-ring (bicyclic) bond motifs is 1. The third kappa shape index (κ3) is 3.72. The summed E-state index contributed by atoms with van der Waals surface area (Å²) in [7, 11) is 0. The van der Waals surface area contributed by atoms with Gasteiger partial charge >= 0.3 is 0 Å². The highest BCUT2D eigenvalue weighted by atomic mass is 16.2. The summed E-state index contributed by atoms with van der Waals surface area (Å²) in [6.07, 6.45) is 1.44. The lowest BCUT2D eigenvalue weighted by atomic mass is 10.2. The number of nitrogens with two attached hydrogens (primary N) is 1. The van der Waals surface area contributed by atoms with Crippen molar-refractivity contribution < 1.29 is 9.59 Å².